The summed E-state index contributed by atoms with van der Waals surface area (Å²) in [5.41, 5.74) is -0.155. The lowest BCUT2D eigenvalue weighted by molar-refractivity contribution is 0.379. The lowest BCUT2D eigenvalue weighted by Gasteiger charge is -2.04. The van der Waals surface area contributed by atoms with Crippen molar-refractivity contribution in [2.45, 2.75) is 19.9 Å². The van der Waals surface area contributed by atoms with E-state index in [-0.39, 0.29) is 5.56 Å². The Morgan fingerprint density at radius 1 is 1.47 bits per heavy atom. The van der Waals surface area contributed by atoms with Gasteiger partial charge >= 0.3 is 0 Å². The molecular formula is C12H16N4O2S. The summed E-state index contributed by atoms with van der Waals surface area (Å²) >= 11 is 1.53. The first-order chi connectivity index (χ1) is 9.22. The minimum atomic E-state index is -0.155. The molecule has 7 heteroatoms. The highest BCUT2D eigenvalue weighted by Gasteiger charge is 2.05. The fourth-order valence-electron chi connectivity index (χ4n) is 1.49. The maximum atomic E-state index is 11.7. The smallest absolute Gasteiger partial charge is 0.267 e. The average molecular weight is 280 g/mol. The van der Waals surface area contributed by atoms with Crippen LogP contribution < -0.4 is 15.6 Å². The summed E-state index contributed by atoms with van der Waals surface area (Å²) < 4.78 is 6.38. The van der Waals surface area contributed by atoms with Gasteiger partial charge in [0, 0.05) is 29.8 Å². The van der Waals surface area contributed by atoms with E-state index in [1.165, 1.54) is 29.2 Å². The van der Waals surface area contributed by atoms with Gasteiger partial charge in [0.05, 0.1) is 13.7 Å². The Kier molecular flexibility index (Phi) is 4.51. The Labute approximate surface area is 115 Å². The number of anilines is 1. The lowest BCUT2D eigenvalue weighted by Crippen LogP contribution is -2.22. The lowest BCUT2D eigenvalue weighted by atomic mass is 10.5. The number of rotatable bonds is 6. The van der Waals surface area contributed by atoms with Gasteiger partial charge < -0.3 is 10.1 Å². The van der Waals surface area contributed by atoms with E-state index in [0.29, 0.717) is 12.4 Å². The number of aromatic nitrogens is 3. The number of thiazole rings is 1. The van der Waals surface area contributed by atoms with Crippen LogP contribution in [0.3, 0.4) is 0 Å². The molecule has 0 amide bonds. The standard InChI is InChI=1S/C12H16N4O2S/c1-3-6-13-12-14-7-9(19-12)8-16-11(17)5-4-10(15-16)18-2/h4-5,7H,3,6,8H2,1-2H3,(H,13,14). The van der Waals surface area contributed by atoms with E-state index in [4.69, 9.17) is 4.74 Å². The molecule has 0 saturated heterocycles. The molecule has 0 fully saturated rings. The molecule has 2 rings (SSSR count). The Balaban J connectivity index is 2.12. The van der Waals surface area contributed by atoms with Crippen LogP contribution in [-0.4, -0.2) is 28.4 Å². The van der Waals surface area contributed by atoms with Crippen molar-refractivity contribution in [1.82, 2.24) is 14.8 Å². The van der Waals surface area contributed by atoms with Crippen LogP contribution in [0.5, 0.6) is 5.88 Å². The van der Waals surface area contributed by atoms with Gasteiger partial charge in [0.25, 0.3) is 5.56 Å². The van der Waals surface area contributed by atoms with E-state index in [1.807, 2.05) is 0 Å². The zero-order valence-corrected chi connectivity index (χ0v) is 11.7. The summed E-state index contributed by atoms with van der Waals surface area (Å²) in [6.07, 6.45) is 2.81. The van der Waals surface area contributed by atoms with Gasteiger partial charge in [0.1, 0.15) is 0 Å². The van der Waals surface area contributed by atoms with Crippen LogP contribution in [0.1, 0.15) is 18.2 Å². The molecule has 0 bridgehead atoms. The summed E-state index contributed by atoms with van der Waals surface area (Å²) in [7, 11) is 1.52. The molecule has 0 saturated carbocycles. The van der Waals surface area contributed by atoms with Gasteiger partial charge in [-0.3, -0.25) is 4.79 Å². The Hall–Kier alpha value is -1.89. The number of ether oxygens (including phenoxy) is 1. The first kappa shape index (κ1) is 13.5. The highest BCUT2D eigenvalue weighted by atomic mass is 32.1. The second-order valence-electron chi connectivity index (χ2n) is 3.93. The zero-order valence-electron chi connectivity index (χ0n) is 10.9. The fourth-order valence-corrected chi connectivity index (χ4v) is 2.31. The van der Waals surface area contributed by atoms with E-state index in [1.54, 1.807) is 12.3 Å². The predicted octanol–water partition coefficient (Wildman–Crippen LogP) is 1.58. The van der Waals surface area contributed by atoms with Crippen molar-refractivity contribution < 1.29 is 4.74 Å². The van der Waals surface area contributed by atoms with Gasteiger partial charge in [-0.15, -0.1) is 16.4 Å². The minimum Gasteiger partial charge on any atom is -0.480 e. The fraction of sp³-hybridized carbons (Fsp3) is 0.417. The van der Waals surface area contributed by atoms with Crippen LogP contribution in [0.2, 0.25) is 0 Å². The third kappa shape index (κ3) is 3.54. The summed E-state index contributed by atoms with van der Waals surface area (Å²) in [5.74, 6) is 0.424. The van der Waals surface area contributed by atoms with Crippen molar-refractivity contribution in [3.63, 3.8) is 0 Å². The van der Waals surface area contributed by atoms with E-state index < -0.39 is 0 Å². The number of nitrogens with one attached hydrogen (secondary N) is 1. The highest BCUT2D eigenvalue weighted by Crippen LogP contribution is 2.18. The normalized spacial score (nSPS) is 10.4. The SMILES string of the molecule is CCCNc1ncc(Cn2nc(OC)ccc2=O)s1. The zero-order chi connectivity index (χ0) is 13.7. The van der Waals surface area contributed by atoms with Gasteiger partial charge in [-0.2, -0.15) is 0 Å². The average Bonchev–Trinajstić information content (AvgIpc) is 2.86. The Morgan fingerprint density at radius 2 is 2.32 bits per heavy atom. The van der Waals surface area contributed by atoms with Crippen molar-refractivity contribution >= 4 is 16.5 Å². The molecule has 1 N–H and O–H groups in total. The first-order valence-corrected chi connectivity index (χ1v) is 6.85. The van der Waals surface area contributed by atoms with Gasteiger partial charge in [-0.25, -0.2) is 9.67 Å². The number of hydrogen-bond donors (Lipinski definition) is 1. The third-order valence-electron chi connectivity index (χ3n) is 2.44. The molecule has 2 aromatic rings. The Bertz CT molecular complexity index is 593. The van der Waals surface area contributed by atoms with Gasteiger partial charge in [-0.05, 0) is 6.42 Å². The largest absolute Gasteiger partial charge is 0.480 e. The topological polar surface area (TPSA) is 69.0 Å². The second kappa shape index (κ2) is 6.33. The molecule has 0 spiro atoms. The van der Waals surface area contributed by atoms with Crippen LogP contribution in [-0.2, 0) is 6.54 Å². The summed E-state index contributed by atoms with van der Waals surface area (Å²) in [5, 5.41) is 8.18. The van der Waals surface area contributed by atoms with Crippen molar-refractivity contribution in [2.75, 3.05) is 19.0 Å². The second-order valence-corrected chi connectivity index (χ2v) is 5.05. The quantitative estimate of drug-likeness (QED) is 0.870. The van der Waals surface area contributed by atoms with Crippen molar-refractivity contribution in [2.24, 2.45) is 0 Å². The van der Waals surface area contributed by atoms with E-state index in [9.17, 15) is 4.79 Å². The van der Waals surface area contributed by atoms with E-state index in [0.717, 1.165) is 23.0 Å². The van der Waals surface area contributed by atoms with Gasteiger partial charge in [0.2, 0.25) is 5.88 Å². The number of nitrogens with zero attached hydrogens (tertiary/aromatic N) is 3. The molecule has 2 aromatic heterocycles. The molecule has 0 aliphatic heterocycles. The van der Waals surface area contributed by atoms with Crippen LogP contribution in [0.4, 0.5) is 5.13 Å². The Morgan fingerprint density at radius 3 is 3.05 bits per heavy atom. The minimum absolute atomic E-state index is 0.155. The van der Waals surface area contributed by atoms with E-state index >= 15 is 0 Å². The maximum Gasteiger partial charge on any atom is 0.267 e. The van der Waals surface area contributed by atoms with Gasteiger partial charge in [-0.1, -0.05) is 6.92 Å². The third-order valence-corrected chi connectivity index (χ3v) is 3.38. The molecular weight excluding hydrogens is 264 g/mol. The maximum absolute atomic E-state index is 11.7. The molecule has 0 aliphatic carbocycles. The molecule has 102 valence electrons. The molecule has 0 unspecified atom stereocenters. The van der Waals surface area contributed by atoms with Crippen molar-refractivity contribution in [3.05, 3.63) is 33.6 Å². The molecule has 0 aliphatic rings. The molecule has 0 atom stereocenters. The molecule has 0 aromatic carbocycles. The summed E-state index contributed by atoms with van der Waals surface area (Å²) in [4.78, 5) is 16.9. The van der Waals surface area contributed by atoms with E-state index in [2.05, 4.69) is 22.3 Å². The predicted molar refractivity (Wildman–Crippen MR) is 75.0 cm³/mol. The van der Waals surface area contributed by atoms with Crippen LogP contribution >= 0.6 is 11.3 Å². The molecule has 19 heavy (non-hydrogen) atoms. The summed E-state index contributed by atoms with van der Waals surface area (Å²) in [6.45, 7) is 3.40. The first-order valence-electron chi connectivity index (χ1n) is 6.03. The van der Waals surface area contributed by atoms with Crippen LogP contribution in [0.15, 0.2) is 23.1 Å². The monoisotopic (exact) mass is 280 g/mol. The van der Waals surface area contributed by atoms with Crippen LogP contribution in [0.25, 0.3) is 0 Å². The van der Waals surface area contributed by atoms with Gasteiger partial charge in [0.15, 0.2) is 5.13 Å². The summed E-state index contributed by atoms with van der Waals surface area (Å²) in [6, 6.07) is 3.00. The molecule has 0 radical (unpaired) electrons. The van der Waals surface area contributed by atoms with Crippen molar-refractivity contribution in [3.8, 4) is 5.88 Å². The molecule has 2 heterocycles. The van der Waals surface area contributed by atoms with Crippen molar-refractivity contribution in [1.29, 1.82) is 0 Å². The highest BCUT2D eigenvalue weighted by molar-refractivity contribution is 7.15. The number of methoxy groups -OCH3 is 1. The van der Waals surface area contributed by atoms with Crippen LogP contribution in [0, 0.1) is 0 Å². The number of hydrogen-bond acceptors (Lipinski definition) is 6. The molecule has 6 nitrogen and oxygen atoms in total.